The van der Waals surface area contributed by atoms with E-state index < -0.39 is 0 Å². The molecule has 2 atom stereocenters. The molecule has 0 aromatic carbocycles. The lowest BCUT2D eigenvalue weighted by Gasteiger charge is -2.47. The van der Waals surface area contributed by atoms with Gasteiger partial charge in [0.25, 0.3) is 0 Å². The lowest BCUT2D eigenvalue weighted by atomic mass is 9.82. The van der Waals surface area contributed by atoms with Crippen molar-refractivity contribution >= 4 is 5.95 Å². The fourth-order valence-corrected chi connectivity index (χ4v) is 4.08. The highest BCUT2D eigenvalue weighted by Gasteiger charge is 2.36. The van der Waals surface area contributed by atoms with Gasteiger partial charge in [0.1, 0.15) is 0 Å². The van der Waals surface area contributed by atoms with E-state index in [1.807, 2.05) is 0 Å². The molecule has 2 aliphatic rings. The van der Waals surface area contributed by atoms with Crippen molar-refractivity contribution in [3.8, 4) is 0 Å². The van der Waals surface area contributed by atoms with Crippen LogP contribution in [0.5, 0.6) is 0 Å². The standard InChI is InChI=1S/C17H30N4/c1-4-5-9-21-12-13(2)18-17(21)19-14-10-15-7-6-8-16(11-14)20(15)3/h12,14-16H,4-11H2,1-3H3,(H,18,19). The minimum Gasteiger partial charge on any atom is -0.353 e. The molecule has 1 aromatic heterocycles. The number of piperidine rings is 2. The number of fused-ring (bicyclic) bond motifs is 2. The van der Waals surface area contributed by atoms with Crippen molar-refractivity contribution in [2.24, 2.45) is 0 Å². The monoisotopic (exact) mass is 290 g/mol. The van der Waals surface area contributed by atoms with Crippen LogP contribution in [-0.4, -0.2) is 39.6 Å². The molecule has 3 rings (SSSR count). The van der Waals surface area contributed by atoms with Crippen LogP contribution in [0, 0.1) is 6.92 Å². The summed E-state index contributed by atoms with van der Waals surface area (Å²) in [5, 5.41) is 3.75. The van der Waals surface area contributed by atoms with E-state index in [2.05, 4.69) is 41.9 Å². The van der Waals surface area contributed by atoms with E-state index in [0.717, 1.165) is 30.3 Å². The maximum Gasteiger partial charge on any atom is 0.203 e. The van der Waals surface area contributed by atoms with Crippen LogP contribution in [0.15, 0.2) is 6.20 Å². The van der Waals surface area contributed by atoms with E-state index in [1.54, 1.807) is 0 Å². The maximum absolute atomic E-state index is 4.71. The van der Waals surface area contributed by atoms with Gasteiger partial charge in [-0.05, 0) is 46.1 Å². The molecule has 0 spiro atoms. The lowest BCUT2D eigenvalue weighted by molar-refractivity contribution is 0.0606. The molecule has 2 fully saturated rings. The molecule has 0 radical (unpaired) electrons. The van der Waals surface area contributed by atoms with Crippen molar-refractivity contribution in [2.75, 3.05) is 12.4 Å². The summed E-state index contributed by atoms with van der Waals surface area (Å²) in [6.45, 7) is 5.42. The van der Waals surface area contributed by atoms with Crippen LogP contribution in [0.4, 0.5) is 5.95 Å². The number of rotatable bonds is 5. The first-order valence-corrected chi connectivity index (χ1v) is 8.69. The summed E-state index contributed by atoms with van der Waals surface area (Å²) >= 11 is 0. The van der Waals surface area contributed by atoms with Gasteiger partial charge in [0.15, 0.2) is 0 Å². The third-order valence-electron chi connectivity index (χ3n) is 5.32. The SMILES string of the molecule is CCCCn1cc(C)nc1NC1CC2CCCC(C1)N2C. The number of nitrogens with zero attached hydrogens (tertiary/aromatic N) is 3. The van der Waals surface area contributed by atoms with Crippen LogP contribution in [0.2, 0.25) is 0 Å². The molecule has 118 valence electrons. The fourth-order valence-electron chi connectivity index (χ4n) is 4.08. The molecule has 3 heterocycles. The zero-order valence-electron chi connectivity index (χ0n) is 13.8. The third kappa shape index (κ3) is 3.25. The van der Waals surface area contributed by atoms with Gasteiger partial charge < -0.3 is 14.8 Å². The Bertz CT molecular complexity index is 453. The van der Waals surface area contributed by atoms with Gasteiger partial charge in [0.2, 0.25) is 5.95 Å². The maximum atomic E-state index is 4.71. The number of hydrogen-bond acceptors (Lipinski definition) is 3. The van der Waals surface area contributed by atoms with E-state index in [-0.39, 0.29) is 0 Å². The first kappa shape index (κ1) is 14.9. The topological polar surface area (TPSA) is 33.1 Å². The van der Waals surface area contributed by atoms with E-state index in [4.69, 9.17) is 4.98 Å². The van der Waals surface area contributed by atoms with Crippen molar-refractivity contribution in [3.63, 3.8) is 0 Å². The second-order valence-electron chi connectivity index (χ2n) is 6.97. The summed E-state index contributed by atoms with van der Waals surface area (Å²) in [6.07, 6.45) is 11.3. The second-order valence-corrected chi connectivity index (χ2v) is 6.97. The number of nitrogens with one attached hydrogen (secondary N) is 1. The Hall–Kier alpha value is -1.03. The van der Waals surface area contributed by atoms with Gasteiger partial charge in [-0.3, -0.25) is 0 Å². The minimum absolute atomic E-state index is 0.596. The fraction of sp³-hybridized carbons (Fsp3) is 0.824. The van der Waals surface area contributed by atoms with Gasteiger partial charge in [0.05, 0.1) is 5.69 Å². The highest BCUT2D eigenvalue weighted by molar-refractivity contribution is 5.31. The van der Waals surface area contributed by atoms with E-state index in [1.165, 1.54) is 44.9 Å². The highest BCUT2D eigenvalue weighted by Crippen LogP contribution is 2.33. The molecule has 2 saturated heterocycles. The van der Waals surface area contributed by atoms with E-state index in [9.17, 15) is 0 Å². The van der Waals surface area contributed by atoms with Crippen molar-refractivity contribution in [2.45, 2.75) is 83.5 Å². The Balaban J connectivity index is 1.66. The van der Waals surface area contributed by atoms with Gasteiger partial charge in [-0.2, -0.15) is 0 Å². The number of aromatic nitrogens is 2. The summed E-state index contributed by atoms with van der Waals surface area (Å²) in [5.41, 5.74) is 1.13. The Labute approximate surface area is 128 Å². The van der Waals surface area contributed by atoms with Gasteiger partial charge in [-0.25, -0.2) is 4.98 Å². The quantitative estimate of drug-likeness (QED) is 0.902. The average molecular weight is 290 g/mol. The third-order valence-corrected chi connectivity index (χ3v) is 5.32. The molecule has 0 amide bonds. The van der Waals surface area contributed by atoms with Crippen molar-refractivity contribution in [1.29, 1.82) is 0 Å². The zero-order valence-corrected chi connectivity index (χ0v) is 13.8. The Morgan fingerprint density at radius 1 is 1.29 bits per heavy atom. The van der Waals surface area contributed by atoms with Crippen molar-refractivity contribution in [1.82, 2.24) is 14.5 Å². The lowest BCUT2D eigenvalue weighted by Crippen LogP contribution is -2.53. The predicted octanol–water partition coefficient (Wildman–Crippen LogP) is 3.42. The molecular weight excluding hydrogens is 260 g/mol. The van der Waals surface area contributed by atoms with E-state index >= 15 is 0 Å². The molecule has 2 aliphatic heterocycles. The molecule has 2 unspecified atom stereocenters. The molecule has 0 saturated carbocycles. The molecule has 21 heavy (non-hydrogen) atoms. The molecule has 1 N–H and O–H groups in total. The number of unbranched alkanes of at least 4 members (excludes halogenated alkanes) is 1. The highest BCUT2D eigenvalue weighted by atomic mass is 15.2. The summed E-state index contributed by atoms with van der Waals surface area (Å²) in [5.74, 6) is 1.09. The van der Waals surface area contributed by atoms with Crippen LogP contribution < -0.4 is 5.32 Å². The molecule has 2 bridgehead atoms. The Morgan fingerprint density at radius 3 is 2.67 bits per heavy atom. The first-order valence-electron chi connectivity index (χ1n) is 8.69. The average Bonchev–Trinajstić information content (AvgIpc) is 2.77. The summed E-state index contributed by atoms with van der Waals surface area (Å²) in [4.78, 5) is 7.33. The number of anilines is 1. The summed E-state index contributed by atoms with van der Waals surface area (Å²) in [6, 6.07) is 2.14. The van der Waals surface area contributed by atoms with Crippen LogP contribution in [0.1, 0.15) is 57.6 Å². The molecule has 0 aliphatic carbocycles. The first-order chi connectivity index (χ1) is 10.2. The van der Waals surface area contributed by atoms with Gasteiger partial charge in [-0.1, -0.05) is 19.8 Å². The normalized spacial score (nSPS) is 29.6. The number of imidazole rings is 1. The minimum atomic E-state index is 0.596. The predicted molar refractivity (Wildman–Crippen MR) is 87.7 cm³/mol. The summed E-state index contributed by atoms with van der Waals surface area (Å²) < 4.78 is 2.31. The molecule has 4 nitrogen and oxygen atoms in total. The number of hydrogen-bond donors (Lipinski definition) is 1. The largest absolute Gasteiger partial charge is 0.353 e. The molecular formula is C17H30N4. The van der Waals surface area contributed by atoms with Gasteiger partial charge >= 0.3 is 0 Å². The van der Waals surface area contributed by atoms with Crippen LogP contribution in [0.3, 0.4) is 0 Å². The van der Waals surface area contributed by atoms with Gasteiger partial charge in [-0.15, -0.1) is 0 Å². The molecule has 4 heteroatoms. The van der Waals surface area contributed by atoms with Crippen molar-refractivity contribution in [3.05, 3.63) is 11.9 Å². The molecule has 1 aromatic rings. The Kier molecular flexibility index (Phi) is 4.53. The number of aryl methyl sites for hydroxylation is 2. The van der Waals surface area contributed by atoms with Crippen molar-refractivity contribution < 1.29 is 0 Å². The Morgan fingerprint density at radius 2 is 2.00 bits per heavy atom. The smallest absolute Gasteiger partial charge is 0.203 e. The zero-order chi connectivity index (χ0) is 14.8. The van der Waals surface area contributed by atoms with Gasteiger partial charge in [0, 0.05) is 30.9 Å². The summed E-state index contributed by atoms with van der Waals surface area (Å²) in [7, 11) is 2.32. The second kappa shape index (κ2) is 6.39. The van der Waals surface area contributed by atoms with E-state index in [0.29, 0.717) is 6.04 Å². The van der Waals surface area contributed by atoms with Crippen LogP contribution in [0.25, 0.3) is 0 Å². The van der Waals surface area contributed by atoms with Crippen LogP contribution in [-0.2, 0) is 6.54 Å². The van der Waals surface area contributed by atoms with Crippen LogP contribution >= 0.6 is 0 Å².